The van der Waals surface area contributed by atoms with Crippen molar-refractivity contribution in [1.29, 1.82) is 0 Å². The zero-order valence-electron chi connectivity index (χ0n) is 10.9. The first-order chi connectivity index (χ1) is 7.37. The van der Waals surface area contributed by atoms with E-state index in [2.05, 4.69) is 26.1 Å². The molecule has 0 radical (unpaired) electrons. The Bertz CT molecular complexity index is 193. The standard InChI is InChI=1S/C13H27NO2/c1-13(2,3)8-12(16)9-14-10-4-6-11(15)7-5-10/h10-12,14-16H,4-9H2,1-3H3. The van der Waals surface area contributed by atoms with Gasteiger partial charge in [0.15, 0.2) is 0 Å². The van der Waals surface area contributed by atoms with Crippen molar-refractivity contribution < 1.29 is 10.2 Å². The van der Waals surface area contributed by atoms with Crippen LogP contribution in [0.4, 0.5) is 0 Å². The van der Waals surface area contributed by atoms with Gasteiger partial charge in [-0.15, -0.1) is 0 Å². The molecule has 0 aliphatic heterocycles. The Hall–Kier alpha value is -0.120. The van der Waals surface area contributed by atoms with Crippen LogP contribution in [0.15, 0.2) is 0 Å². The number of hydrogen-bond acceptors (Lipinski definition) is 3. The number of aliphatic hydroxyl groups is 2. The van der Waals surface area contributed by atoms with Gasteiger partial charge in [-0.3, -0.25) is 0 Å². The molecule has 0 amide bonds. The topological polar surface area (TPSA) is 52.5 Å². The van der Waals surface area contributed by atoms with E-state index in [1.165, 1.54) is 0 Å². The van der Waals surface area contributed by atoms with Crippen LogP contribution < -0.4 is 5.32 Å². The smallest absolute Gasteiger partial charge is 0.0669 e. The summed E-state index contributed by atoms with van der Waals surface area (Å²) in [5.41, 5.74) is 0.184. The highest BCUT2D eigenvalue weighted by Crippen LogP contribution is 2.21. The lowest BCUT2D eigenvalue weighted by atomic mass is 9.88. The third kappa shape index (κ3) is 5.83. The first kappa shape index (κ1) is 13.9. The summed E-state index contributed by atoms with van der Waals surface area (Å²) in [6.45, 7) is 7.12. The van der Waals surface area contributed by atoms with E-state index < -0.39 is 0 Å². The summed E-state index contributed by atoms with van der Waals surface area (Å²) in [7, 11) is 0. The van der Waals surface area contributed by atoms with Crippen molar-refractivity contribution in [2.45, 2.75) is 71.1 Å². The molecule has 1 fully saturated rings. The maximum Gasteiger partial charge on any atom is 0.0669 e. The van der Waals surface area contributed by atoms with Gasteiger partial charge in [0.05, 0.1) is 12.2 Å². The first-order valence-electron chi connectivity index (χ1n) is 6.46. The van der Waals surface area contributed by atoms with Crippen LogP contribution in [0.25, 0.3) is 0 Å². The fraction of sp³-hybridized carbons (Fsp3) is 1.00. The fourth-order valence-electron chi connectivity index (χ4n) is 2.36. The number of hydrogen-bond donors (Lipinski definition) is 3. The summed E-state index contributed by atoms with van der Waals surface area (Å²) in [5, 5.41) is 22.6. The highest BCUT2D eigenvalue weighted by atomic mass is 16.3. The molecule has 16 heavy (non-hydrogen) atoms. The molecular formula is C13H27NO2. The summed E-state index contributed by atoms with van der Waals surface area (Å²) in [6.07, 6.45) is 4.33. The van der Waals surface area contributed by atoms with Gasteiger partial charge < -0.3 is 15.5 Å². The number of nitrogens with one attached hydrogen (secondary N) is 1. The number of rotatable bonds is 4. The second-order valence-corrected chi connectivity index (χ2v) is 6.33. The highest BCUT2D eigenvalue weighted by molar-refractivity contribution is 4.78. The Morgan fingerprint density at radius 3 is 2.25 bits per heavy atom. The molecule has 0 saturated heterocycles. The van der Waals surface area contributed by atoms with Crippen LogP contribution in [0.1, 0.15) is 52.9 Å². The normalized spacial score (nSPS) is 29.1. The average molecular weight is 229 g/mol. The highest BCUT2D eigenvalue weighted by Gasteiger charge is 2.21. The molecule has 3 N–H and O–H groups in total. The van der Waals surface area contributed by atoms with E-state index in [9.17, 15) is 10.2 Å². The Labute approximate surface area is 99.3 Å². The summed E-state index contributed by atoms with van der Waals surface area (Å²) in [5.74, 6) is 0. The zero-order valence-corrected chi connectivity index (χ0v) is 10.9. The molecular weight excluding hydrogens is 202 g/mol. The molecule has 1 rings (SSSR count). The molecule has 1 unspecified atom stereocenters. The molecule has 0 aromatic heterocycles. The lowest BCUT2D eigenvalue weighted by Gasteiger charge is -2.28. The average Bonchev–Trinajstić information content (AvgIpc) is 2.14. The summed E-state index contributed by atoms with van der Waals surface area (Å²) < 4.78 is 0. The van der Waals surface area contributed by atoms with Gasteiger partial charge in [-0.2, -0.15) is 0 Å². The van der Waals surface area contributed by atoms with Gasteiger partial charge in [-0.1, -0.05) is 20.8 Å². The first-order valence-corrected chi connectivity index (χ1v) is 6.46. The van der Waals surface area contributed by atoms with Crippen LogP contribution in [-0.2, 0) is 0 Å². The van der Waals surface area contributed by atoms with Gasteiger partial charge >= 0.3 is 0 Å². The van der Waals surface area contributed by atoms with E-state index in [1.54, 1.807) is 0 Å². The van der Waals surface area contributed by atoms with Gasteiger partial charge in [0, 0.05) is 12.6 Å². The van der Waals surface area contributed by atoms with Gasteiger partial charge in [-0.25, -0.2) is 0 Å². The quantitative estimate of drug-likeness (QED) is 0.687. The van der Waals surface area contributed by atoms with Gasteiger partial charge in [0.2, 0.25) is 0 Å². The molecule has 1 aliphatic rings. The Balaban J connectivity index is 2.14. The Morgan fingerprint density at radius 1 is 1.19 bits per heavy atom. The van der Waals surface area contributed by atoms with Crippen molar-refractivity contribution >= 4 is 0 Å². The predicted molar refractivity (Wildman–Crippen MR) is 66.3 cm³/mol. The summed E-state index contributed by atoms with van der Waals surface area (Å²) in [6, 6.07) is 0.484. The molecule has 0 aromatic rings. The second-order valence-electron chi connectivity index (χ2n) is 6.33. The molecule has 1 saturated carbocycles. The van der Waals surface area contributed by atoms with Crippen LogP contribution in [0.5, 0.6) is 0 Å². The van der Waals surface area contributed by atoms with Gasteiger partial charge in [0.25, 0.3) is 0 Å². The molecule has 1 atom stereocenters. The van der Waals surface area contributed by atoms with Crippen LogP contribution in [0.3, 0.4) is 0 Å². The maximum atomic E-state index is 9.86. The minimum absolute atomic E-state index is 0.0995. The van der Waals surface area contributed by atoms with Crippen molar-refractivity contribution in [1.82, 2.24) is 5.32 Å². The van der Waals surface area contributed by atoms with E-state index in [-0.39, 0.29) is 17.6 Å². The largest absolute Gasteiger partial charge is 0.393 e. The zero-order chi connectivity index (χ0) is 12.2. The lowest BCUT2D eigenvalue weighted by Crippen LogP contribution is -2.39. The Morgan fingerprint density at radius 2 is 1.75 bits per heavy atom. The summed E-state index contributed by atoms with van der Waals surface area (Å²) in [4.78, 5) is 0. The Kier molecular flexibility index (Phi) is 5.22. The number of aliphatic hydroxyl groups excluding tert-OH is 2. The van der Waals surface area contributed by atoms with Gasteiger partial charge in [0.1, 0.15) is 0 Å². The molecule has 1 aliphatic carbocycles. The van der Waals surface area contributed by atoms with Crippen LogP contribution >= 0.6 is 0 Å². The van der Waals surface area contributed by atoms with E-state index in [0.717, 1.165) is 32.1 Å². The van der Waals surface area contributed by atoms with E-state index >= 15 is 0 Å². The van der Waals surface area contributed by atoms with Crippen LogP contribution in [0, 0.1) is 5.41 Å². The van der Waals surface area contributed by atoms with Crippen molar-refractivity contribution in [3.8, 4) is 0 Å². The van der Waals surface area contributed by atoms with E-state index in [4.69, 9.17) is 0 Å². The minimum Gasteiger partial charge on any atom is -0.393 e. The van der Waals surface area contributed by atoms with Crippen molar-refractivity contribution in [3.63, 3.8) is 0 Å². The van der Waals surface area contributed by atoms with Crippen LogP contribution in [-0.4, -0.2) is 35.0 Å². The van der Waals surface area contributed by atoms with Crippen molar-refractivity contribution in [2.24, 2.45) is 5.41 Å². The maximum absolute atomic E-state index is 9.86. The molecule has 0 spiro atoms. The summed E-state index contributed by atoms with van der Waals surface area (Å²) >= 11 is 0. The molecule has 3 nitrogen and oxygen atoms in total. The van der Waals surface area contributed by atoms with Crippen molar-refractivity contribution in [2.75, 3.05) is 6.54 Å². The fourth-order valence-corrected chi connectivity index (χ4v) is 2.36. The SMILES string of the molecule is CC(C)(C)CC(O)CNC1CCC(O)CC1. The molecule has 0 heterocycles. The third-order valence-corrected chi connectivity index (χ3v) is 3.19. The van der Waals surface area contributed by atoms with Crippen molar-refractivity contribution in [3.05, 3.63) is 0 Å². The lowest BCUT2D eigenvalue weighted by molar-refractivity contribution is 0.0970. The van der Waals surface area contributed by atoms with Crippen LogP contribution in [0.2, 0.25) is 0 Å². The minimum atomic E-state index is -0.258. The predicted octanol–water partition coefficient (Wildman–Crippen LogP) is 1.68. The van der Waals surface area contributed by atoms with E-state index in [1.807, 2.05) is 0 Å². The monoisotopic (exact) mass is 229 g/mol. The second kappa shape index (κ2) is 5.99. The van der Waals surface area contributed by atoms with E-state index in [0.29, 0.717) is 12.6 Å². The van der Waals surface area contributed by atoms with Gasteiger partial charge in [-0.05, 0) is 37.5 Å². The third-order valence-electron chi connectivity index (χ3n) is 3.19. The molecule has 0 aromatic carbocycles. The molecule has 96 valence electrons. The molecule has 0 bridgehead atoms. The molecule has 3 heteroatoms.